The highest BCUT2D eigenvalue weighted by Crippen LogP contribution is 2.24. The van der Waals surface area contributed by atoms with Gasteiger partial charge in [0.2, 0.25) is 0 Å². The Morgan fingerprint density at radius 2 is 1.56 bits per heavy atom. The van der Waals surface area contributed by atoms with Crippen molar-refractivity contribution < 1.29 is 14.4 Å². The van der Waals surface area contributed by atoms with Crippen molar-refractivity contribution in [3.63, 3.8) is 0 Å². The molecule has 1 aliphatic heterocycles. The average molecular weight is 361 g/mol. The number of imide groups is 2. The minimum absolute atomic E-state index is 0.0399. The van der Waals surface area contributed by atoms with Crippen LogP contribution in [0.15, 0.2) is 48.5 Å². The molecule has 3 rings (SSSR count). The normalized spacial score (nSPS) is 14.2. The number of urea groups is 1. The number of benzene rings is 2. The molecule has 6 heteroatoms. The molecular weight excluding hydrogens is 342 g/mol. The van der Waals surface area contributed by atoms with Gasteiger partial charge in [0.15, 0.2) is 0 Å². The minimum atomic E-state index is -0.792. The molecule has 2 aromatic carbocycles. The summed E-state index contributed by atoms with van der Waals surface area (Å²) >= 11 is 0. The fourth-order valence-corrected chi connectivity index (χ4v) is 3.02. The Morgan fingerprint density at radius 3 is 2.19 bits per heavy atom. The number of nitrogens with zero attached hydrogens (tertiary/aromatic N) is 3. The SMILES string of the molecule is CC(C)CN1C(=O)C(=O)N(Cc2ccc(-c3ccccc3C#N)cc2)C1=O. The van der Waals surface area contributed by atoms with Crippen LogP contribution in [0.25, 0.3) is 11.1 Å². The molecule has 27 heavy (non-hydrogen) atoms. The molecule has 0 saturated carbocycles. The van der Waals surface area contributed by atoms with Gasteiger partial charge in [-0.3, -0.25) is 19.4 Å². The van der Waals surface area contributed by atoms with Crippen molar-refractivity contribution in [2.24, 2.45) is 5.92 Å². The highest BCUT2D eigenvalue weighted by atomic mass is 16.2. The third-order valence-electron chi connectivity index (χ3n) is 4.34. The minimum Gasteiger partial charge on any atom is -0.263 e. The summed E-state index contributed by atoms with van der Waals surface area (Å²) in [7, 11) is 0. The molecule has 0 unspecified atom stereocenters. The molecule has 0 bridgehead atoms. The molecule has 1 saturated heterocycles. The van der Waals surface area contributed by atoms with Crippen molar-refractivity contribution in [3.05, 3.63) is 59.7 Å². The van der Waals surface area contributed by atoms with Crippen LogP contribution in [0.3, 0.4) is 0 Å². The van der Waals surface area contributed by atoms with Gasteiger partial charge in [-0.1, -0.05) is 56.3 Å². The maximum Gasteiger partial charge on any atom is 0.334 e. The molecule has 0 aromatic heterocycles. The Morgan fingerprint density at radius 1 is 0.926 bits per heavy atom. The van der Waals surface area contributed by atoms with Gasteiger partial charge in [-0.15, -0.1) is 0 Å². The third kappa shape index (κ3) is 3.58. The van der Waals surface area contributed by atoms with Gasteiger partial charge < -0.3 is 0 Å². The van der Waals surface area contributed by atoms with E-state index in [0.717, 1.165) is 26.5 Å². The van der Waals surface area contributed by atoms with Crippen LogP contribution in [0.1, 0.15) is 25.0 Å². The molecule has 1 aliphatic rings. The van der Waals surface area contributed by atoms with E-state index in [9.17, 15) is 19.6 Å². The molecular formula is C21H19N3O3. The molecule has 0 atom stereocenters. The van der Waals surface area contributed by atoms with E-state index in [1.807, 2.05) is 38.1 Å². The molecule has 0 spiro atoms. The molecule has 6 nitrogen and oxygen atoms in total. The van der Waals surface area contributed by atoms with E-state index in [1.54, 1.807) is 24.3 Å². The first-order chi connectivity index (χ1) is 12.9. The number of hydrogen-bond donors (Lipinski definition) is 0. The largest absolute Gasteiger partial charge is 0.334 e. The molecule has 0 N–H and O–H groups in total. The first-order valence-electron chi connectivity index (χ1n) is 8.68. The summed E-state index contributed by atoms with van der Waals surface area (Å²) in [6.45, 7) is 4.03. The summed E-state index contributed by atoms with van der Waals surface area (Å²) in [6, 6.07) is 16.1. The van der Waals surface area contributed by atoms with Crippen molar-refractivity contribution in [2.75, 3.05) is 6.54 Å². The van der Waals surface area contributed by atoms with Crippen LogP contribution in [0.4, 0.5) is 4.79 Å². The fourth-order valence-electron chi connectivity index (χ4n) is 3.02. The quantitative estimate of drug-likeness (QED) is 0.605. The molecule has 4 amide bonds. The summed E-state index contributed by atoms with van der Waals surface area (Å²) in [5, 5.41) is 9.23. The van der Waals surface area contributed by atoms with Crippen molar-refractivity contribution in [1.82, 2.24) is 9.80 Å². The summed E-state index contributed by atoms with van der Waals surface area (Å²) in [5.74, 6) is -1.47. The topological polar surface area (TPSA) is 81.5 Å². The van der Waals surface area contributed by atoms with E-state index in [4.69, 9.17) is 0 Å². The zero-order valence-electron chi connectivity index (χ0n) is 15.2. The summed E-state index contributed by atoms with van der Waals surface area (Å²) in [6.07, 6.45) is 0. The second kappa shape index (κ2) is 7.42. The maximum atomic E-state index is 12.4. The molecule has 136 valence electrons. The summed E-state index contributed by atoms with van der Waals surface area (Å²) < 4.78 is 0. The second-order valence-electron chi connectivity index (χ2n) is 6.84. The Balaban J connectivity index is 1.79. The van der Waals surface area contributed by atoms with Crippen LogP contribution >= 0.6 is 0 Å². The van der Waals surface area contributed by atoms with E-state index < -0.39 is 17.8 Å². The Bertz CT molecular complexity index is 942. The molecule has 1 heterocycles. The lowest BCUT2D eigenvalue weighted by atomic mass is 9.99. The first kappa shape index (κ1) is 18.3. The monoisotopic (exact) mass is 361 g/mol. The zero-order valence-corrected chi connectivity index (χ0v) is 15.2. The number of amides is 4. The number of carbonyl (C=O) groups excluding carboxylic acids is 3. The second-order valence-corrected chi connectivity index (χ2v) is 6.84. The van der Waals surface area contributed by atoms with Crippen molar-refractivity contribution in [3.8, 4) is 17.2 Å². The van der Waals surface area contributed by atoms with Crippen molar-refractivity contribution >= 4 is 17.8 Å². The Hall–Kier alpha value is -3.46. The third-order valence-corrected chi connectivity index (χ3v) is 4.34. The first-order valence-corrected chi connectivity index (χ1v) is 8.68. The predicted octanol–water partition coefficient (Wildman–Crippen LogP) is 3.17. The lowest BCUT2D eigenvalue weighted by molar-refractivity contribution is -0.143. The van der Waals surface area contributed by atoms with Gasteiger partial charge >= 0.3 is 17.8 Å². The average Bonchev–Trinajstić information content (AvgIpc) is 2.86. The zero-order chi connectivity index (χ0) is 19.6. The van der Waals surface area contributed by atoms with Crippen molar-refractivity contribution in [2.45, 2.75) is 20.4 Å². The van der Waals surface area contributed by atoms with Gasteiger partial charge in [0.1, 0.15) is 0 Å². The van der Waals surface area contributed by atoms with Crippen LogP contribution < -0.4 is 0 Å². The van der Waals surface area contributed by atoms with Crippen LogP contribution in [0, 0.1) is 17.2 Å². The Labute approximate surface area is 157 Å². The van der Waals surface area contributed by atoms with E-state index in [2.05, 4.69) is 6.07 Å². The van der Waals surface area contributed by atoms with Crippen LogP contribution in [-0.4, -0.2) is 34.2 Å². The predicted molar refractivity (Wildman–Crippen MR) is 99.1 cm³/mol. The van der Waals surface area contributed by atoms with Gasteiger partial charge in [0, 0.05) is 6.54 Å². The van der Waals surface area contributed by atoms with E-state index in [0.29, 0.717) is 5.56 Å². The fraction of sp³-hybridized carbons (Fsp3) is 0.238. The van der Waals surface area contributed by atoms with Crippen molar-refractivity contribution in [1.29, 1.82) is 5.26 Å². The lowest BCUT2D eigenvalue weighted by Crippen LogP contribution is -2.35. The van der Waals surface area contributed by atoms with E-state index >= 15 is 0 Å². The number of hydrogen-bond acceptors (Lipinski definition) is 4. The number of nitriles is 1. The number of rotatable bonds is 5. The summed E-state index contributed by atoms with van der Waals surface area (Å²) in [5.41, 5.74) is 2.99. The molecule has 0 radical (unpaired) electrons. The standard InChI is InChI=1S/C21H19N3O3/c1-14(2)12-23-19(25)20(26)24(21(23)27)13-15-7-9-16(10-8-15)18-6-4-3-5-17(18)11-22/h3-10,14H,12-13H2,1-2H3. The van der Waals surface area contributed by atoms with Gasteiger partial charge in [-0.2, -0.15) is 5.26 Å². The maximum absolute atomic E-state index is 12.4. The highest BCUT2D eigenvalue weighted by molar-refractivity contribution is 6.44. The number of carbonyl (C=O) groups is 3. The van der Waals surface area contributed by atoms with E-state index in [1.165, 1.54) is 0 Å². The molecule has 0 aliphatic carbocycles. The van der Waals surface area contributed by atoms with Crippen LogP contribution in [0.2, 0.25) is 0 Å². The van der Waals surface area contributed by atoms with Gasteiger partial charge in [0.25, 0.3) is 0 Å². The lowest BCUT2D eigenvalue weighted by Gasteiger charge is -2.17. The highest BCUT2D eigenvalue weighted by Gasteiger charge is 2.44. The summed E-state index contributed by atoms with van der Waals surface area (Å²) in [4.78, 5) is 38.6. The van der Waals surface area contributed by atoms with Gasteiger partial charge in [-0.25, -0.2) is 4.79 Å². The van der Waals surface area contributed by atoms with Crippen LogP contribution in [0.5, 0.6) is 0 Å². The Kier molecular flexibility index (Phi) is 5.04. The smallest absolute Gasteiger partial charge is 0.263 e. The van der Waals surface area contributed by atoms with Crippen LogP contribution in [-0.2, 0) is 16.1 Å². The van der Waals surface area contributed by atoms with E-state index in [-0.39, 0.29) is 19.0 Å². The van der Waals surface area contributed by atoms with Gasteiger partial charge in [-0.05, 0) is 28.7 Å². The molecule has 2 aromatic rings. The van der Waals surface area contributed by atoms with Gasteiger partial charge in [0.05, 0.1) is 18.2 Å². The molecule has 1 fully saturated rings.